The van der Waals surface area contributed by atoms with Crippen LogP contribution in [0.25, 0.3) is 11.4 Å². The van der Waals surface area contributed by atoms with Crippen LogP contribution in [0.15, 0.2) is 30.5 Å². The third-order valence-corrected chi connectivity index (χ3v) is 3.60. The molecule has 0 fully saturated rings. The smallest absolute Gasteiger partial charge is 0.328 e. The van der Waals surface area contributed by atoms with Crippen LogP contribution in [0.5, 0.6) is 0 Å². The van der Waals surface area contributed by atoms with Crippen LogP contribution in [0.4, 0.5) is 13.2 Å². The Hall–Kier alpha value is -1.82. The summed E-state index contributed by atoms with van der Waals surface area (Å²) in [5.74, 6) is 0.709. The topological polar surface area (TPSA) is 43.8 Å². The largest absolute Gasteiger partial charge is 0.416 e. The van der Waals surface area contributed by atoms with Gasteiger partial charge in [-0.05, 0) is 18.6 Å². The van der Waals surface area contributed by atoms with E-state index >= 15 is 0 Å². The molecule has 0 radical (unpaired) electrons. The molecule has 1 aromatic carbocycles. The van der Waals surface area contributed by atoms with Gasteiger partial charge in [0.2, 0.25) is 0 Å². The normalized spacial score (nSPS) is 18.9. The Kier molecular flexibility index (Phi) is 3.05. The first kappa shape index (κ1) is 13.2. The number of alkyl halides is 3. The van der Waals surface area contributed by atoms with Gasteiger partial charge in [-0.25, -0.2) is 4.98 Å². The summed E-state index contributed by atoms with van der Waals surface area (Å²) in [5.41, 5.74) is 6.99. The monoisotopic (exact) mass is 281 g/mol. The number of rotatable bonds is 1. The highest BCUT2D eigenvalue weighted by molar-refractivity contribution is 5.57. The molecule has 6 heteroatoms. The first-order chi connectivity index (χ1) is 9.45. The Balaban J connectivity index is 1.94. The number of hydrogen-bond acceptors (Lipinski definition) is 2. The van der Waals surface area contributed by atoms with Crippen molar-refractivity contribution in [2.24, 2.45) is 5.73 Å². The average Bonchev–Trinajstić information content (AvgIpc) is 2.80. The maximum Gasteiger partial charge on any atom is 0.416 e. The minimum Gasteiger partial charge on any atom is -0.328 e. The van der Waals surface area contributed by atoms with E-state index in [1.165, 1.54) is 12.1 Å². The molecule has 3 rings (SSSR count). The molecule has 0 saturated carbocycles. The fraction of sp³-hybridized carbons (Fsp3) is 0.357. The molecule has 1 atom stereocenters. The van der Waals surface area contributed by atoms with Crippen molar-refractivity contribution in [3.05, 3.63) is 41.7 Å². The minimum atomic E-state index is -4.31. The van der Waals surface area contributed by atoms with Crippen molar-refractivity contribution in [3.8, 4) is 11.4 Å². The van der Waals surface area contributed by atoms with E-state index in [-0.39, 0.29) is 6.04 Å². The highest BCUT2D eigenvalue weighted by atomic mass is 19.4. The van der Waals surface area contributed by atoms with Crippen LogP contribution in [0, 0.1) is 0 Å². The van der Waals surface area contributed by atoms with Crippen molar-refractivity contribution in [1.82, 2.24) is 9.55 Å². The molecular weight excluding hydrogens is 267 g/mol. The lowest BCUT2D eigenvalue weighted by atomic mass is 10.1. The van der Waals surface area contributed by atoms with Gasteiger partial charge in [-0.1, -0.05) is 12.1 Å². The zero-order valence-corrected chi connectivity index (χ0v) is 10.7. The lowest BCUT2D eigenvalue weighted by Crippen LogP contribution is -2.30. The lowest BCUT2D eigenvalue weighted by Gasteiger charge is -2.21. The molecular formula is C14H14F3N3. The van der Waals surface area contributed by atoms with E-state index in [0.717, 1.165) is 37.2 Å². The fourth-order valence-electron chi connectivity index (χ4n) is 2.53. The van der Waals surface area contributed by atoms with E-state index in [0.29, 0.717) is 11.4 Å². The summed E-state index contributed by atoms with van der Waals surface area (Å²) < 4.78 is 39.7. The van der Waals surface area contributed by atoms with E-state index in [2.05, 4.69) is 4.98 Å². The fourth-order valence-corrected chi connectivity index (χ4v) is 2.53. The van der Waals surface area contributed by atoms with Gasteiger partial charge in [-0.2, -0.15) is 13.2 Å². The minimum absolute atomic E-state index is 0.139. The van der Waals surface area contributed by atoms with Gasteiger partial charge in [0.05, 0.1) is 5.56 Å². The van der Waals surface area contributed by atoms with E-state index in [1.54, 1.807) is 6.20 Å². The average molecular weight is 281 g/mol. The van der Waals surface area contributed by atoms with Gasteiger partial charge in [0.15, 0.2) is 0 Å². The predicted molar refractivity (Wildman–Crippen MR) is 69.0 cm³/mol. The molecule has 0 bridgehead atoms. The van der Waals surface area contributed by atoms with Crippen molar-refractivity contribution in [2.75, 3.05) is 0 Å². The molecule has 2 aromatic rings. The van der Waals surface area contributed by atoms with Gasteiger partial charge >= 0.3 is 6.18 Å². The van der Waals surface area contributed by atoms with Crippen LogP contribution in [-0.2, 0) is 19.1 Å². The number of halogens is 3. The molecule has 20 heavy (non-hydrogen) atoms. The highest BCUT2D eigenvalue weighted by Crippen LogP contribution is 2.31. The summed E-state index contributed by atoms with van der Waals surface area (Å²) >= 11 is 0. The molecule has 0 amide bonds. The molecule has 1 unspecified atom stereocenters. The molecule has 2 N–H and O–H groups in total. The SMILES string of the molecule is NC1CCn2c(cnc2-c2ccc(C(F)(F)F)cc2)C1. The Bertz CT molecular complexity index is 614. The van der Waals surface area contributed by atoms with Crippen LogP contribution >= 0.6 is 0 Å². The first-order valence-electron chi connectivity index (χ1n) is 6.43. The second kappa shape index (κ2) is 4.63. The van der Waals surface area contributed by atoms with Crippen LogP contribution in [0.2, 0.25) is 0 Å². The van der Waals surface area contributed by atoms with E-state index < -0.39 is 11.7 Å². The van der Waals surface area contributed by atoms with Gasteiger partial charge in [-0.15, -0.1) is 0 Å². The molecule has 1 aliphatic rings. The summed E-state index contributed by atoms with van der Waals surface area (Å²) in [7, 11) is 0. The van der Waals surface area contributed by atoms with Gasteiger partial charge in [0.25, 0.3) is 0 Å². The first-order valence-corrected chi connectivity index (χ1v) is 6.43. The van der Waals surface area contributed by atoms with Crippen LogP contribution in [0.1, 0.15) is 17.7 Å². The Morgan fingerprint density at radius 1 is 1.20 bits per heavy atom. The molecule has 3 nitrogen and oxygen atoms in total. The highest BCUT2D eigenvalue weighted by Gasteiger charge is 2.30. The maximum atomic E-state index is 12.5. The lowest BCUT2D eigenvalue weighted by molar-refractivity contribution is -0.137. The predicted octanol–water partition coefficient (Wildman–Crippen LogP) is 2.84. The molecule has 2 heterocycles. The molecule has 0 aliphatic carbocycles. The number of fused-ring (bicyclic) bond motifs is 1. The third kappa shape index (κ3) is 2.31. The van der Waals surface area contributed by atoms with Gasteiger partial charge in [-0.3, -0.25) is 0 Å². The number of aromatic nitrogens is 2. The summed E-state index contributed by atoms with van der Waals surface area (Å²) in [4.78, 5) is 4.32. The molecule has 0 saturated heterocycles. The number of benzene rings is 1. The van der Waals surface area contributed by atoms with Crippen molar-refractivity contribution < 1.29 is 13.2 Å². The Labute approximate surface area is 114 Å². The quantitative estimate of drug-likeness (QED) is 0.873. The van der Waals surface area contributed by atoms with Gasteiger partial charge in [0.1, 0.15) is 5.82 Å². The van der Waals surface area contributed by atoms with Crippen molar-refractivity contribution in [3.63, 3.8) is 0 Å². The third-order valence-electron chi connectivity index (χ3n) is 3.60. The Morgan fingerprint density at radius 3 is 2.55 bits per heavy atom. The van der Waals surface area contributed by atoms with E-state index in [1.807, 2.05) is 4.57 Å². The van der Waals surface area contributed by atoms with E-state index in [4.69, 9.17) is 5.73 Å². The number of imidazole rings is 1. The molecule has 106 valence electrons. The van der Waals surface area contributed by atoms with Crippen molar-refractivity contribution in [1.29, 1.82) is 0 Å². The van der Waals surface area contributed by atoms with Crippen molar-refractivity contribution in [2.45, 2.75) is 31.6 Å². The van der Waals surface area contributed by atoms with E-state index in [9.17, 15) is 13.2 Å². The maximum absolute atomic E-state index is 12.5. The number of hydrogen-bond donors (Lipinski definition) is 1. The zero-order valence-electron chi connectivity index (χ0n) is 10.7. The van der Waals surface area contributed by atoms with Gasteiger partial charge in [0, 0.05) is 36.5 Å². The second-order valence-electron chi connectivity index (χ2n) is 5.05. The number of nitrogens with two attached hydrogens (primary N) is 1. The summed E-state index contributed by atoms with van der Waals surface area (Å²) in [6, 6.07) is 5.25. The van der Waals surface area contributed by atoms with Gasteiger partial charge < -0.3 is 10.3 Å². The van der Waals surface area contributed by atoms with Crippen LogP contribution in [-0.4, -0.2) is 15.6 Å². The van der Waals surface area contributed by atoms with Crippen LogP contribution in [0.3, 0.4) is 0 Å². The van der Waals surface area contributed by atoms with Crippen LogP contribution < -0.4 is 5.73 Å². The summed E-state index contributed by atoms with van der Waals surface area (Å²) in [6.45, 7) is 0.757. The summed E-state index contributed by atoms with van der Waals surface area (Å²) in [6.07, 6.45) is -0.937. The standard InChI is InChI=1S/C14H14F3N3/c15-14(16,17)10-3-1-9(2-4-10)13-19-8-12-7-11(18)5-6-20(12)13/h1-4,8,11H,5-7,18H2. The molecule has 1 aromatic heterocycles. The number of nitrogens with zero attached hydrogens (tertiary/aromatic N) is 2. The summed E-state index contributed by atoms with van der Waals surface area (Å²) in [5, 5.41) is 0. The van der Waals surface area contributed by atoms with Crippen molar-refractivity contribution >= 4 is 0 Å². The molecule has 1 aliphatic heterocycles. The molecule has 0 spiro atoms. The zero-order chi connectivity index (χ0) is 14.3. The second-order valence-corrected chi connectivity index (χ2v) is 5.05. The Morgan fingerprint density at radius 2 is 1.90 bits per heavy atom.